The van der Waals surface area contributed by atoms with Gasteiger partial charge in [0.25, 0.3) is 0 Å². The summed E-state index contributed by atoms with van der Waals surface area (Å²) in [7, 11) is 0. The van der Waals surface area contributed by atoms with E-state index in [1.807, 2.05) is 26.0 Å². The predicted molar refractivity (Wildman–Crippen MR) is 100 cm³/mol. The second kappa shape index (κ2) is 7.30. The van der Waals surface area contributed by atoms with Gasteiger partial charge in [0.1, 0.15) is 6.04 Å². The van der Waals surface area contributed by atoms with Gasteiger partial charge < -0.3 is 15.3 Å². The molecule has 5 nitrogen and oxygen atoms in total. The first kappa shape index (κ1) is 18.1. The molecule has 4 rings (SSSR count). The number of benzene rings is 2. The van der Waals surface area contributed by atoms with Crippen LogP contribution in [0.15, 0.2) is 42.5 Å². The van der Waals surface area contributed by atoms with E-state index in [9.17, 15) is 14.7 Å². The molecule has 1 fully saturated rings. The van der Waals surface area contributed by atoms with Crippen molar-refractivity contribution in [2.45, 2.75) is 39.4 Å². The fourth-order valence-electron chi connectivity index (χ4n) is 3.26. The summed E-state index contributed by atoms with van der Waals surface area (Å²) in [5, 5.41) is 12.0. The molecule has 1 aromatic rings. The van der Waals surface area contributed by atoms with E-state index in [1.54, 1.807) is 4.90 Å². The Balaban J connectivity index is 0.000000269. The molecule has 0 spiro atoms. The molecule has 0 bridgehead atoms. The van der Waals surface area contributed by atoms with E-state index in [2.05, 4.69) is 35.6 Å². The molecule has 1 aromatic carbocycles. The molecule has 2 atom stereocenters. The molecule has 5 heteroatoms. The molecule has 2 unspecified atom stereocenters. The molecule has 26 heavy (non-hydrogen) atoms. The van der Waals surface area contributed by atoms with Crippen LogP contribution in [0.25, 0.3) is 11.1 Å². The molecule has 3 aliphatic rings. The minimum atomic E-state index is -0.594. The summed E-state index contributed by atoms with van der Waals surface area (Å²) in [6.07, 6.45) is 0. The molecule has 2 aliphatic carbocycles. The second-order valence-electron chi connectivity index (χ2n) is 6.90. The zero-order valence-electron chi connectivity index (χ0n) is 15.3. The van der Waals surface area contributed by atoms with Crippen LogP contribution in [0.2, 0.25) is 0 Å². The highest BCUT2D eigenvalue weighted by atomic mass is 16.3. The molecule has 0 aromatic heterocycles. The van der Waals surface area contributed by atoms with Crippen molar-refractivity contribution in [3.8, 4) is 11.1 Å². The average molecular weight is 352 g/mol. The topological polar surface area (TPSA) is 69.6 Å². The fourth-order valence-corrected chi connectivity index (χ4v) is 3.26. The van der Waals surface area contributed by atoms with Crippen LogP contribution < -0.4 is 5.32 Å². The number of rotatable bonds is 4. The van der Waals surface area contributed by atoms with Crippen LogP contribution in [0, 0.1) is 13.8 Å². The highest BCUT2D eigenvalue weighted by Crippen LogP contribution is 2.32. The van der Waals surface area contributed by atoms with Gasteiger partial charge in [-0.1, -0.05) is 42.0 Å². The van der Waals surface area contributed by atoms with E-state index in [4.69, 9.17) is 0 Å². The summed E-state index contributed by atoms with van der Waals surface area (Å²) in [4.78, 5) is 24.7. The Labute approximate surface area is 153 Å². The number of likely N-dealkylation sites (tertiary alicyclic amines) is 1. The third-order valence-corrected chi connectivity index (χ3v) is 4.83. The summed E-state index contributed by atoms with van der Waals surface area (Å²) in [6, 6.07) is 13.6. The van der Waals surface area contributed by atoms with Gasteiger partial charge in [0, 0.05) is 13.5 Å². The van der Waals surface area contributed by atoms with Gasteiger partial charge in [-0.05, 0) is 42.2 Å². The first-order valence-corrected chi connectivity index (χ1v) is 8.75. The van der Waals surface area contributed by atoms with Crippen LogP contribution in [0.5, 0.6) is 0 Å². The van der Waals surface area contributed by atoms with Crippen LogP contribution in [0.3, 0.4) is 0 Å². The first-order valence-electron chi connectivity index (χ1n) is 8.75. The van der Waals surface area contributed by atoms with E-state index in [0.717, 1.165) is 11.1 Å². The largest absolute Gasteiger partial charge is 0.394 e. The van der Waals surface area contributed by atoms with Crippen LogP contribution in [-0.4, -0.2) is 40.5 Å². The Bertz CT molecular complexity index is 830. The molecule has 1 heterocycles. The van der Waals surface area contributed by atoms with Crippen molar-refractivity contribution in [1.29, 1.82) is 0 Å². The third-order valence-electron chi connectivity index (χ3n) is 4.83. The van der Waals surface area contributed by atoms with E-state index in [-0.39, 0.29) is 24.5 Å². The predicted octanol–water partition coefficient (Wildman–Crippen LogP) is 2.18. The fraction of sp³-hybridized carbons (Fsp3) is 0.333. The molecule has 136 valence electrons. The normalized spacial score (nSPS) is 19.2. The zero-order valence-corrected chi connectivity index (χ0v) is 15.3. The molecule has 1 saturated heterocycles. The lowest BCUT2D eigenvalue weighted by Crippen LogP contribution is -2.71. The lowest BCUT2D eigenvalue weighted by Gasteiger charge is -2.46. The maximum Gasteiger partial charge on any atom is 0.248 e. The number of amides is 2. The van der Waals surface area contributed by atoms with Crippen LogP contribution in [0.4, 0.5) is 0 Å². The van der Waals surface area contributed by atoms with E-state index in [0.29, 0.717) is 6.54 Å². The quantitative estimate of drug-likeness (QED) is 0.707. The number of carbonyl (C=O) groups is 2. The van der Waals surface area contributed by atoms with Crippen LogP contribution in [0.1, 0.15) is 23.6 Å². The van der Waals surface area contributed by atoms with Gasteiger partial charge in [-0.25, -0.2) is 0 Å². The van der Waals surface area contributed by atoms with E-state index >= 15 is 0 Å². The number of fused-ring (bicyclic) bond motifs is 1. The number of carbonyl (C=O) groups excluding carboxylic acids is 2. The Morgan fingerprint density at radius 2 is 1.85 bits per heavy atom. The average Bonchev–Trinajstić information content (AvgIpc) is 3.20. The number of aliphatic hydroxyl groups is 1. The molecular formula is C21H24N2O3. The monoisotopic (exact) mass is 352 g/mol. The van der Waals surface area contributed by atoms with Crippen molar-refractivity contribution in [2.75, 3.05) is 6.61 Å². The number of β-lactam (4-membered cyclic amide) rings is 1. The number of nitrogens with one attached hydrogen (secondary N) is 1. The van der Waals surface area contributed by atoms with Crippen molar-refractivity contribution >= 4 is 11.8 Å². The van der Waals surface area contributed by atoms with E-state index < -0.39 is 6.04 Å². The van der Waals surface area contributed by atoms with Gasteiger partial charge in [0.15, 0.2) is 0 Å². The van der Waals surface area contributed by atoms with Crippen LogP contribution in [-0.2, 0) is 16.1 Å². The third kappa shape index (κ3) is 3.78. The summed E-state index contributed by atoms with van der Waals surface area (Å²) in [6.45, 7) is 5.71. The summed E-state index contributed by atoms with van der Waals surface area (Å²) >= 11 is 0. The van der Waals surface area contributed by atoms with Gasteiger partial charge in [-0.3, -0.25) is 9.59 Å². The van der Waals surface area contributed by atoms with Gasteiger partial charge in [0.05, 0.1) is 12.6 Å². The molecule has 2 N–H and O–H groups in total. The van der Waals surface area contributed by atoms with Crippen molar-refractivity contribution in [2.24, 2.45) is 0 Å². The lowest BCUT2D eigenvalue weighted by atomic mass is 9.93. The Morgan fingerprint density at radius 3 is 2.31 bits per heavy atom. The van der Waals surface area contributed by atoms with Gasteiger partial charge >= 0.3 is 0 Å². The smallest absolute Gasteiger partial charge is 0.248 e. The van der Waals surface area contributed by atoms with Crippen molar-refractivity contribution < 1.29 is 14.7 Å². The zero-order chi connectivity index (χ0) is 18.8. The number of hydrogen-bond donors (Lipinski definition) is 2. The van der Waals surface area contributed by atoms with Gasteiger partial charge in [-0.15, -0.1) is 0 Å². The lowest BCUT2D eigenvalue weighted by molar-refractivity contribution is -0.156. The molecular weight excluding hydrogens is 328 g/mol. The van der Waals surface area contributed by atoms with Crippen molar-refractivity contribution in [1.82, 2.24) is 10.2 Å². The minimum absolute atomic E-state index is 0.140. The standard InChI is InChI=1S/C15H20N2O3.C6H4/c1-9-4-5-12(10(2)6-9)7-17-13(8-18)14(15(17)20)16-11(3)19;1-2-5-4-6(5)3-1/h4-6,13-14,18H,7-8H2,1-3H3,(H,16,19);1-4H. The highest BCUT2D eigenvalue weighted by molar-refractivity contribution is 5.93. The van der Waals surface area contributed by atoms with Crippen molar-refractivity contribution in [3.05, 3.63) is 59.2 Å². The summed E-state index contributed by atoms with van der Waals surface area (Å²) < 4.78 is 0. The molecule has 0 saturated carbocycles. The number of aliphatic hydroxyl groups excluding tert-OH is 1. The molecule has 1 aliphatic heterocycles. The minimum Gasteiger partial charge on any atom is -0.394 e. The molecule has 0 radical (unpaired) electrons. The summed E-state index contributed by atoms with van der Waals surface area (Å²) in [5.41, 5.74) is 6.21. The first-order chi connectivity index (χ1) is 12.4. The Kier molecular flexibility index (Phi) is 5.09. The Hall–Kier alpha value is -2.66. The number of hydrogen-bond acceptors (Lipinski definition) is 3. The maximum atomic E-state index is 12.0. The number of aryl methyl sites for hydroxylation is 2. The van der Waals surface area contributed by atoms with Gasteiger partial charge in [0.2, 0.25) is 11.8 Å². The maximum absolute atomic E-state index is 12.0. The summed E-state index contributed by atoms with van der Waals surface area (Å²) in [5.74, 6) is -0.396. The Morgan fingerprint density at radius 1 is 1.15 bits per heavy atom. The van der Waals surface area contributed by atoms with Gasteiger partial charge in [-0.2, -0.15) is 0 Å². The van der Waals surface area contributed by atoms with E-state index in [1.165, 1.54) is 23.6 Å². The van der Waals surface area contributed by atoms with Crippen LogP contribution >= 0.6 is 0 Å². The second-order valence-corrected chi connectivity index (χ2v) is 6.90. The van der Waals surface area contributed by atoms with Crippen molar-refractivity contribution in [3.63, 3.8) is 0 Å². The SMILES string of the molecule is CC(=O)NC1C(=O)N(Cc2ccc(C)cc2C)C1CO.c1cc2cc-2c1. The molecule has 2 amide bonds. The number of nitrogens with zero attached hydrogens (tertiary/aromatic N) is 1. The highest BCUT2D eigenvalue weighted by Gasteiger charge is 2.47.